The molecule has 0 amide bonds. The number of rotatable bonds is 7. The lowest BCUT2D eigenvalue weighted by Gasteiger charge is -2.15. The number of aryl methyl sites for hydroxylation is 1. The zero-order valence-electron chi connectivity index (χ0n) is 10.7. The molecule has 20 heavy (non-hydrogen) atoms. The van der Waals surface area contributed by atoms with E-state index < -0.39 is 24.7 Å². The maximum Gasteiger partial charge on any atom is 0.401 e. The Hall–Kier alpha value is -1.68. The van der Waals surface area contributed by atoms with Crippen molar-refractivity contribution < 1.29 is 27.8 Å². The molecule has 1 rings (SSSR count). The number of nitrogens with one attached hydrogen (secondary N) is 1. The molecule has 1 aromatic rings. The van der Waals surface area contributed by atoms with Crippen LogP contribution in [-0.2, 0) is 16.1 Å². The van der Waals surface area contributed by atoms with Crippen molar-refractivity contribution in [3.8, 4) is 0 Å². The van der Waals surface area contributed by atoms with Crippen molar-refractivity contribution >= 4 is 5.97 Å². The Morgan fingerprint density at radius 2 is 2.30 bits per heavy atom. The van der Waals surface area contributed by atoms with Gasteiger partial charge in [-0.05, 0) is 6.42 Å². The fraction of sp³-hybridized carbons (Fsp3) is 0.700. The van der Waals surface area contributed by atoms with Crippen LogP contribution in [0, 0.1) is 0 Å². The third kappa shape index (κ3) is 5.13. The molecule has 0 spiro atoms. The second-order valence-corrected chi connectivity index (χ2v) is 3.94. The molecule has 0 aromatic carbocycles. The van der Waals surface area contributed by atoms with Crippen LogP contribution in [0.1, 0.15) is 18.2 Å². The summed E-state index contributed by atoms with van der Waals surface area (Å²) in [6.45, 7) is -1.06. The van der Waals surface area contributed by atoms with Gasteiger partial charge in [0.05, 0.1) is 19.9 Å². The van der Waals surface area contributed by atoms with E-state index in [1.165, 1.54) is 10.9 Å². The minimum Gasteiger partial charge on any atom is -0.468 e. The first-order chi connectivity index (χ1) is 9.37. The quantitative estimate of drug-likeness (QED) is 0.690. The largest absolute Gasteiger partial charge is 0.468 e. The average molecular weight is 296 g/mol. The first-order valence-corrected chi connectivity index (χ1v) is 5.76. The van der Waals surface area contributed by atoms with Crippen LogP contribution in [0.3, 0.4) is 0 Å². The summed E-state index contributed by atoms with van der Waals surface area (Å²) in [4.78, 5) is 11.5. The second kappa shape index (κ2) is 7.20. The van der Waals surface area contributed by atoms with Gasteiger partial charge in [-0.3, -0.25) is 10.00 Å². The molecule has 0 aliphatic heterocycles. The number of esters is 1. The molecule has 7 nitrogen and oxygen atoms in total. The van der Waals surface area contributed by atoms with Gasteiger partial charge in [0, 0.05) is 13.2 Å². The first-order valence-electron chi connectivity index (χ1n) is 5.76. The SMILES string of the molecule is COC(=O)C(NCC(F)(F)F)c1cn(CCCO)nn1. The van der Waals surface area contributed by atoms with Gasteiger partial charge in [-0.15, -0.1) is 5.10 Å². The van der Waals surface area contributed by atoms with Crippen LogP contribution in [0.25, 0.3) is 0 Å². The van der Waals surface area contributed by atoms with Gasteiger partial charge in [0.2, 0.25) is 0 Å². The number of aromatic nitrogens is 3. The summed E-state index contributed by atoms with van der Waals surface area (Å²) in [5.41, 5.74) is 0.0269. The monoisotopic (exact) mass is 296 g/mol. The fourth-order valence-electron chi connectivity index (χ4n) is 1.43. The molecule has 10 heteroatoms. The number of nitrogens with zero attached hydrogens (tertiary/aromatic N) is 3. The summed E-state index contributed by atoms with van der Waals surface area (Å²) < 4.78 is 42.3. The average Bonchev–Trinajstić information content (AvgIpc) is 2.83. The van der Waals surface area contributed by atoms with Crippen LogP contribution < -0.4 is 5.32 Å². The molecule has 0 fully saturated rings. The zero-order chi connectivity index (χ0) is 15.2. The van der Waals surface area contributed by atoms with E-state index in [9.17, 15) is 18.0 Å². The maximum atomic E-state index is 12.2. The predicted octanol–water partition coefficient (Wildman–Crippen LogP) is 0.0265. The Morgan fingerprint density at radius 3 is 2.85 bits per heavy atom. The van der Waals surface area contributed by atoms with Crippen molar-refractivity contribution in [3.05, 3.63) is 11.9 Å². The summed E-state index contributed by atoms with van der Waals surface area (Å²) in [5.74, 6) is -0.886. The highest BCUT2D eigenvalue weighted by molar-refractivity contribution is 5.76. The van der Waals surface area contributed by atoms with E-state index >= 15 is 0 Å². The minimum atomic E-state index is -4.46. The van der Waals surface area contributed by atoms with Gasteiger partial charge in [0.15, 0.2) is 6.04 Å². The number of methoxy groups -OCH3 is 1. The van der Waals surface area contributed by atoms with Crippen molar-refractivity contribution in [3.63, 3.8) is 0 Å². The summed E-state index contributed by atoms with van der Waals surface area (Å²) >= 11 is 0. The lowest BCUT2D eigenvalue weighted by molar-refractivity contribution is -0.147. The van der Waals surface area contributed by atoms with E-state index in [-0.39, 0.29) is 12.3 Å². The third-order valence-corrected chi connectivity index (χ3v) is 2.34. The second-order valence-electron chi connectivity index (χ2n) is 3.94. The van der Waals surface area contributed by atoms with E-state index in [2.05, 4.69) is 15.0 Å². The zero-order valence-corrected chi connectivity index (χ0v) is 10.7. The predicted molar refractivity (Wildman–Crippen MR) is 60.5 cm³/mol. The standard InChI is InChI=1S/C10H15F3N4O3/c1-20-9(19)8(14-6-10(11,12)13)7-5-17(16-15-7)3-2-4-18/h5,8,14,18H,2-4,6H2,1H3. The highest BCUT2D eigenvalue weighted by Gasteiger charge is 2.32. The number of alkyl halides is 3. The number of aliphatic hydroxyl groups excluding tert-OH is 1. The number of halogens is 3. The van der Waals surface area contributed by atoms with Crippen LogP contribution in [0.15, 0.2) is 6.20 Å². The van der Waals surface area contributed by atoms with Crippen LogP contribution in [0.2, 0.25) is 0 Å². The van der Waals surface area contributed by atoms with Crippen LogP contribution >= 0.6 is 0 Å². The molecule has 1 heterocycles. The highest BCUT2D eigenvalue weighted by Crippen LogP contribution is 2.17. The number of carbonyl (C=O) groups is 1. The van der Waals surface area contributed by atoms with Gasteiger partial charge in [-0.2, -0.15) is 13.2 Å². The van der Waals surface area contributed by atoms with Crippen LogP contribution in [0.4, 0.5) is 13.2 Å². The van der Waals surface area contributed by atoms with Gasteiger partial charge in [0.1, 0.15) is 5.69 Å². The molecule has 0 radical (unpaired) electrons. The topological polar surface area (TPSA) is 89.3 Å². The molecule has 114 valence electrons. The van der Waals surface area contributed by atoms with Crippen LogP contribution in [0.5, 0.6) is 0 Å². The molecular formula is C10H15F3N4O3. The molecular weight excluding hydrogens is 281 g/mol. The third-order valence-electron chi connectivity index (χ3n) is 2.34. The molecule has 1 atom stereocenters. The first kappa shape index (κ1) is 16.4. The van der Waals surface area contributed by atoms with Crippen LogP contribution in [-0.4, -0.2) is 52.5 Å². The molecule has 2 N–H and O–H groups in total. The molecule has 0 saturated heterocycles. The molecule has 1 aromatic heterocycles. The van der Waals surface area contributed by atoms with Crippen molar-refractivity contribution in [2.45, 2.75) is 25.2 Å². The number of carbonyl (C=O) groups excluding carboxylic acids is 1. The van der Waals surface area contributed by atoms with Crippen molar-refractivity contribution in [2.75, 3.05) is 20.3 Å². The Labute approximate surface area is 112 Å². The van der Waals surface area contributed by atoms with Crippen molar-refractivity contribution in [2.24, 2.45) is 0 Å². The number of aliphatic hydroxyl groups is 1. The van der Waals surface area contributed by atoms with Crippen molar-refractivity contribution in [1.82, 2.24) is 20.3 Å². The van der Waals surface area contributed by atoms with Gasteiger partial charge in [-0.1, -0.05) is 5.21 Å². The lowest BCUT2D eigenvalue weighted by atomic mass is 10.2. The van der Waals surface area contributed by atoms with E-state index in [1.54, 1.807) is 0 Å². The van der Waals surface area contributed by atoms with E-state index in [4.69, 9.17) is 5.11 Å². The van der Waals surface area contributed by atoms with Gasteiger partial charge in [-0.25, -0.2) is 4.79 Å². The van der Waals surface area contributed by atoms with E-state index in [0.29, 0.717) is 13.0 Å². The minimum absolute atomic E-state index is 0.0269. The number of hydrogen-bond donors (Lipinski definition) is 2. The molecule has 1 unspecified atom stereocenters. The Morgan fingerprint density at radius 1 is 1.60 bits per heavy atom. The summed E-state index contributed by atoms with van der Waals surface area (Å²) in [6.07, 6.45) is -2.71. The number of ether oxygens (including phenoxy) is 1. The van der Waals surface area contributed by atoms with E-state index in [0.717, 1.165) is 7.11 Å². The lowest BCUT2D eigenvalue weighted by Crippen LogP contribution is -2.36. The van der Waals surface area contributed by atoms with Gasteiger partial charge < -0.3 is 9.84 Å². The highest BCUT2D eigenvalue weighted by atomic mass is 19.4. The smallest absolute Gasteiger partial charge is 0.401 e. The Kier molecular flexibility index (Phi) is 5.89. The van der Waals surface area contributed by atoms with Gasteiger partial charge >= 0.3 is 12.1 Å². The van der Waals surface area contributed by atoms with Gasteiger partial charge in [0.25, 0.3) is 0 Å². The maximum absolute atomic E-state index is 12.2. The fourth-order valence-corrected chi connectivity index (χ4v) is 1.43. The van der Waals surface area contributed by atoms with Crippen molar-refractivity contribution in [1.29, 1.82) is 0 Å². The molecule has 0 aliphatic carbocycles. The molecule has 0 saturated carbocycles. The summed E-state index contributed by atoms with van der Waals surface area (Å²) in [7, 11) is 1.07. The normalized spacial score (nSPS) is 13.2. The Bertz CT molecular complexity index is 436. The summed E-state index contributed by atoms with van der Waals surface area (Å²) in [5, 5.41) is 18.0. The molecule has 0 bridgehead atoms. The van der Waals surface area contributed by atoms with E-state index in [1.807, 2.05) is 5.32 Å². The Balaban J connectivity index is 2.77. The molecule has 0 aliphatic rings. The summed E-state index contributed by atoms with van der Waals surface area (Å²) in [6, 6.07) is -1.34. The number of hydrogen-bond acceptors (Lipinski definition) is 6.